The average molecular weight is 299 g/mol. The van der Waals surface area contributed by atoms with E-state index >= 15 is 0 Å². The van der Waals surface area contributed by atoms with E-state index in [0.717, 1.165) is 0 Å². The third-order valence-electron chi connectivity index (χ3n) is 2.82. The Morgan fingerprint density at radius 2 is 1.91 bits per heavy atom. The van der Waals surface area contributed by atoms with E-state index in [1.807, 2.05) is 0 Å². The summed E-state index contributed by atoms with van der Waals surface area (Å²) in [5.74, 6) is -1.18. The summed E-state index contributed by atoms with van der Waals surface area (Å²) < 4.78 is 12.9. The molecule has 0 saturated carbocycles. The molecule has 1 aromatic carbocycles. The smallest absolute Gasteiger partial charge is 0.244 e. The van der Waals surface area contributed by atoms with Gasteiger partial charge in [-0.15, -0.1) is 0 Å². The number of carbonyl (C=O) groups excluding carboxylic acids is 1. The van der Waals surface area contributed by atoms with Crippen LogP contribution in [0.15, 0.2) is 30.5 Å². The van der Waals surface area contributed by atoms with Gasteiger partial charge in [0.1, 0.15) is 5.82 Å². The molecule has 0 unspecified atom stereocenters. The number of nitrogens with zero attached hydrogens (tertiary/aromatic N) is 4. The van der Waals surface area contributed by atoms with Gasteiger partial charge in [0.15, 0.2) is 11.2 Å². The van der Waals surface area contributed by atoms with Crippen LogP contribution >= 0.6 is 0 Å². The predicted molar refractivity (Wildman–Crippen MR) is 76.5 cm³/mol. The van der Waals surface area contributed by atoms with E-state index in [9.17, 15) is 14.3 Å². The van der Waals surface area contributed by atoms with E-state index in [-0.39, 0.29) is 28.8 Å². The summed E-state index contributed by atoms with van der Waals surface area (Å²) >= 11 is 0. The highest BCUT2D eigenvalue weighted by atomic mass is 19.1. The quantitative estimate of drug-likeness (QED) is 0.749. The molecule has 1 amide bonds. The molecule has 110 valence electrons. The summed E-state index contributed by atoms with van der Waals surface area (Å²) in [7, 11) is 0. The fraction of sp³-hybridized carbons (Fsp3) is 0.0714. The number of nitrogens with one attached hydrogen (secondary N) is 1. The number of hydrogen-bond donors (Lipinski definition) is 2. The van der Waals surface area contributed by atoms with E-state index in [1.54, 1.807) is 12.1 Å². The molecule has 0 aliphatic heterocycles. The van der Waals surface area contributed by atoms with Crippen LogP contribution in [0.2, 0.25) is 0 Å². The summed E-state index contributed by atoms with van der Waals surface area (Å²) in [4.78, 5) is 27.0. The highest BCUT2D eigenvalue weighted by Crippen LogP contribution is 2.23. The van der Waals surface area contributed by atoms with Gasteiger partial charge in [-0.25, -0.2) is 14.4 Å². The molecule has 22 heavy (non-hydrogen) atoms. The van der Waals surface area contributed by atoms with E-state index in [2.05, 4.69) is 25.3 Å². The number of amides is 1. The van der Waals surface area contributed by atoms with E-state index in [0.29, 0.717) is 11.3 Å². The Balaban J connectivity index is 2.08. The summed E-state index contributed by atoms with van der Waals surface area (Å²) in [6.45, 7) is 1.30. The second-order valence-electron chi connectivity index (χ2n) is 4.49. The predicted octanol–water partition coefficient (Wildman–Crippen LogP) is 1.89. The Labute approximate surface area is 123 Å². The van der Waals surface area contributed by atoms with Gasteiger partial charge in [0.25, 0.3) is 0 Å². The maximum absolute atomic E-state index is 12.9. The first-order chi connectivity index (χ1) is 10.5. The largest absolute Gasteiger partial charge is 0.492 e. The zero-order valence-electron chi connectivity index (χ0n) is 11.4. The lowest BCUT2D eigenvalue weighted by molar-refractivity contribution is -0.114. The van der Waals surface area contributed by atoms with Crippen molar-refractivity contribution in [1.29, 1.82) is 0 Å². The molecule has 3 aromatic rings. The van der Waals surface area contributed by atoms with Gasteiger partial charge in [-0.1, -0.05) is 0 Å². The molecule has 8 heteroatoms. The van der Waals surface area contributed by atoms with E-state index in [4.69, 9.17) is 0 Å². The molecule has 0 fully saturated rings. The summed E-state index contributed by atoms with van der Waals surface area (Å²) in [6, 6.07) is 5.71. The molecule has 3 rings (SSSR count). The Morgan fingerprint density at radius 1 is 1.18 bits per heavy atom. The minimum atomic E-state index is -0.398. The summed E-state index contributed by atoms with van der Waals surface area (Å²) in [5.41, 5.74) is 1.32. The molecule has 0 spiro atoms. The van der Waals surface area contributed by atoms with E-state index < -0.39 is 5.88 Å². The molecule has 2 N–H and O–H groups in total. The van der Waals surface area contributed by atoms with Crippen molar-refractivity contribution in [2.75, 3.05) is 5.32 Å². The van der Waals surface area contributed by atoms with Gasteiger partial charge in [0.2, 0.25) is 17.7 Å². The SMILES string of the molecule is CC(=O)Nc1nc(O)c2nc(-c3ccc(F)cc3)cnc2n1. The van der Waals surface area contributed by atoms with Crippen LogP contribution < -0.4 is 5.32 Å². The Hall–Kier alpha value is -3.16. The van der Waals surface area contributed by atoms with Crippen LogP contribution in [0.1, 0.15) is 6.92 Å². The highest BCUT2D eigenvalue weighted by molar-refractivity contribution is 5.88. The number of aromatic hydroxyl groups is 1. The van der Waals surface area contributed by atoms with Gasteiger partial charge in [0.05, 0.1) is 11.9 Å². The number of halogens is 1. The van der Waals surface area contributed by atoms with Crippen LogP contribution in [0.5, 0.6) is 5.88 Å². The van der Waals surface area contributed by atoms with Crippen LogP contribution in [0.3, 0.4) is 0 Å². The van der Waals surface area contributed by atoms with Crippen LogP contribution in [0, 0.1) is 5.82 Å². The second-order valence-corrected chi connectivity index (χ2v) is 4.49. The van der Waals surface area contributed by atoms with E-state index in [1.165, 1.54) is 25.3 Å². The maximum atomic E-state index is 12.9. The number of carbonyl (C=O) groups is 1. The molecular weight excluding hydrogens is 289 g/mol. The molecule has 0 radical (unpaired) electrons. The second kappa shape index (κ2) is 5.32. The maximum Gasteiger partial charge on any atom is 0.244 e. The van der Waals surface area contributed by atoms with Crippen molar-refractivity contribution in [3.63, 3.8) is 0 Å². The first kappa shape index (κ1) is 13.8. The fourth-order valence-electron chi connectivity index (χ4n) is 1.87. The third kappa shape index (κ3) is 2.66. The minimum Gasteiger partial charge on any atom is -0.492 e. The van der Waals surface area contributed by atoms with Crippen molar-refractivity contribution in [3.8, 4) is 17.1 Å². The molecule has 7 nitrogen and oxygen atoms in total. The summed E-state index contributed by atoms with van der Waals surface area (Å²) in [5, 5.41) is 12.3. The number of benzene rings is 1. The molecule has 0 aliphatic rings. The monoisotopic (exact) mass is 299 g/mol. The van der Waals surface area contributed by atoms with Gasteiger partial charge < -0.3 is 5.11 Å². The van der Waals surface area contributed by atoms with Crippen molar-refractivity contribution in [3.05, 3.63) is 36.3 Å². The molecule has 2 heterocycles. The molecular formula is C14H10FN5O2. The van der Waals surface area contributed by atoms with Crippen LogP contribution in [-0.2, 0) is 4.79 Å². The highest BCUT2D eigenvalue weighted by Gasteiger charge is 2.12. The molecule has 0 saturated heterocycles. The van der Waals surface area contributed by atoms with Crippen LogP contribution in [0.4, 0.5) is 10.3 Å². The number of rotatable bonds is 2. The Morgan fingerprint density at radius 3 is 2.59 bits per heavy atom. The molecule has 0 atom stereocenters. The molecule has 0 aliphatic carbocycles. The lowest BCUT2D eigenvalue weighted by Gasteiger charge is -2.05. The fourth-order valence-corrected chi connectivity index (χ4v) is 1.87. The third-order valence-corrected chi connectivity index (χ3v) is 2.82. The normalized spacial score (nSPS) is 10.6. The number of anilines is 1. The topological polar surface area (TPSA) is 101 Å². The first-order valence-electron chi connectivity index (χ1n) is 6.30. The first-order valence-corrected chi connectivity index (χ1v) is 6.30. The van der Waals surface area contributed by atoms with Gasteiger partial charge in [0, 0.05) is 12.5 Å². The number of fused-ring (bicyclic) bond motifs is 1. The average Bonchev–Trinajstić information content (AvgIpc) is 2.47. The van der Waals surface area contributed by atoms with Crippen molar-refractivity contribution < 1.29 is 14.3 Å². The zero-order chi connectivity index (χ0) is 15.7. The lowest BCUT2D eigenvalue weighted by Crippen LogP contribution is -2.09. The van der Waals surface area contributed by atoms with Crippen molar-refractivity contribution >= 4 is 23.0 Å². The zero-order valence-corrected chi connectivity index (χ0v) is 11.4. The van der Waals surface area contributed by atoms with Gasteiger partial charge in [-0.2, -0.15) is 9.97 Å². The van der Waals surface area contributed by atoms with Crippen molar-refractivity contribution in [1.82, 2.24) is 19.9 Å². The van der Waals surface area contributed by atoms with Crippen molar-refractivity contribution in [2.45, 2.75) is 6.92 Å². The van der Waals surface area contributed by atoms with Gasteiger partial charge in [-0.05, 0) is 24.3 Å². The molecule has 2 aromatic heterocycles. The minimum absolute atomic E-state index is 0.0543. The van der Waals surface area contributed by atoms with Crippen LogP contribution in [0.25, 0.3) is 22.4 Å². The van der Waals surface area contributed by atoms with Gasteiger partial charge >= 0.3 is 0 Å². The Kier molecular flexibility index (Phi) is 3.34. The van der Waals surface area contributed by atoms with Crippen molar-refractivity contribution in [2.24, 2.45) is 0 Å². The number of hydrogen-bond acceptors (Lipinski definition) is 6. The van der Waals surface area contributed by atoms with Crippen LogP contribution in [-0.4, -0.2) is 30.9 Å². The Bertz CT molecular complexity index is 867. The lowest BCUT2D eigenvalue weighted by atomic mass is 10.1. The number of aromatic nitrogens is 4. The van der Waals surface area contributed by atoms with Gasteiger partial charge in [-0.3, -0.25) is 10.1 Å². The standard InChI is InChI=1S/C14H10FN5O2/c1-7(21)17-14-19-12-11(13(22)20-14)18-10(6-16-12)8-2-4-9(15)5-3-8/h2-6H,1H3,(H2,16,17,19,20,21,22). The summed E-state index contributed by atoms with van der Waals surface area (Å²) in [6.07, 6.45) is 1.44. The molecule has 0 bridgehead atoms.